The number of aromatic nitrogens is 1. The molecule has 0 N–H and O–H groups in total. The van der Waals surface area contributed by atoms with Crippen molar-refractivity contribution < 1.29 is 26.3 Å². The Bertz CT molecular complexity index is 864. The summed E-state index contributed by atoms with van der Waals surface area (Å²) in [7, 11) is -1.68. The molecule has 2 aromatic carbocycles. The van der Waals surface area contributed by atoms with Crippen LogP contribution in [0.1, 0.15) is 11.1 Å². The number of pyridine rings is 1. The monoisotopic (exact) mass is 399 g/mol. The van der Waals surface area contributed by atoms with Crippen LogP contribution in [0.2, 0.25) is 0 Å². The van der Waals surface area contributed by atoms with E-state index in [9.17, 15) is 26.3 Å². The van der Waals surface area contributed by atoms with Crippen LogP contribution >= 0.6 is 7.92 Å². The molecule has 1 heterocycles. The van der Waals surface area contributed by atoms with Crippen molar-refractivity contribution in [3.8, 4) is 0 Å². The Kier molecular flexibility index (Phi) is 5.24. The third kappa shape index (κ3) is 4.48. The summed E-state index contributed by atoms with van der Waals surface area (Å²) in [5.41, 5.74) is -1.28. The fraction of sp³-hybridized carbons (Fsp3) is 0.105. The van der Waals surface area contributed by atoms with E-state index in [0.29, 0.717) is 5.44 Å². The van der Waals surface area contributed by atoms with Crippen molar-refractivity contribution in [2.75, 3.05) is 0 Å². The molecule has 140 valence electrons. The third-order valence-electron chi connectivity index (χ3n) is 3.74. The molecule has 0 bridgehead atoms. The summed E-state index contributed by atoms with van der Waals surface area (Å²) in [6.07, 6.45) is -7.63. The van der Waals surface area contributed by atoms with E-state index in [1.807, 2.05) is 0 Å². The molecule has 3 rings (SSSR count). The fourth-order valence-electron chi connectivity index (χ4n) is 2.54. The molecule has 0 amide bonds. The molecule has 0 spiro atoms. The van der Waals surface area contributed by atoms with Crippen LogP contribution in [0.3, 0.4) is 0 Å². The third-order valence-corrected chi connectivity index (χ3v) is 6.05. The van der Waals surface area contributed by atoms with E-state index in [1.54, 1.807) is 18.2 Å². The highest BCUT2D eigenvalue weighted by Gasteiger charge is 2.33. The molecule has 0 aliphatic carbocycles. The molecule has 1 aromatic heterocycles. The lowest BCUT2D eigenvalue weighted by Crippen LogP contribution is -2.24. The zero-order chi connectivity index (χ0) is 19.7. The van der Waals surface area contributed by atoms with Gasteiger partial charge in [0.1, 0.15) is 0 Å². The Balaban J connectivity index is 2.17. The molecular formula is C19H12F6NP. The molecule has 0 fully saturated rings. The van der Waals surface area contributed by atoms with Crippen molar-refractivity contribution in [2.45, 2.75) is 12.4 Å². The lowest BCUT2D eigenvalue weighted by atomic mass is 10.2. The number of hydrogen-bond acceptors (Lipinski definition) is 1. The topological polar surface area (TPSA) is 12.9 Å². The zero-order valence-corrected chi connectivity index (χ0v) is 14.5. The molecule has 0 atom stereocenters. The SMILES string of the molecule is FC(F)(F)c1cccc(P(c2cccc(C(F)(F)F)c2)c2ccccn2)c1. The van der Waals surface area contributed by atoms with E-state index in [-0.39, 0.29) is 10.6 Å². The van der Waals surface area contributed by atoms with Crippen LogP contribution in [0.15, 0.2) is 72.9 Å². The number of benzene rings is 2. The minimum atomic E-state index is -4.55. The van der Waals surface area contributed by atoms with Gasteiger partial charge in [0, 0.05) is 14.1 Å². The molecule has 0 aliphatic rings. The van der Waals surface area contributed by atoms with Gasteiger partial charge in [0.05, 0.1) is 16.6 Å². The van der Waals surface area contributed by atoms with Crippen LogP contribution in [0.4, 0.5) is 26.3 Å². The average molecular weight is 399 g/mol. The summed E-state index contributed by atoms with van der Waals surface area (Å²) in [5, 5.41) is 0.552. The second-order valence-electron chi connectivity index (χ2n) is 5.62. The second-order valence-corrected chi connectivity index (χ2v) is 7.78. The molecule has 8 heteroatoms. The first-order chi connectivity index (χ1) is 12.7. The maximum absolute atomic E-state index is 13.1. The van der Waals surface area contributed by atoms with Crippen molar-refractivity contribution in [3.05, 3.63) is 84.1 Å². The highest BCUT2D eigenvalue weighted by molar-refractivity contribution is 7.79. The molecule has 27 heavy (non-hydrogen) atoms. The Hall–Kier alpha value is -2.40. The van der Waals surface area contributed by atoms with Gasteiger partial charge in [-0.2, -0.15) is 26.3 Å². The maximum atomic E-state index is 13.1. The molecule has 3 aromatic rings. The maximum Gasteiger partial charge on any atom is 0.416 e. The summed E-state index contributed by atoms with van der Waals surface area (Å²) in [6.45, 7) is 0. The lowest BCUT2D eigenvalue weighted by Gasteiger charge is -2.20. The number of halogens is 6. The lowest BCUT2D eigenvalue weighted by molar-refractivity contribution is -0.138. The predicted octanol–water partition coefficient (Wildman–Crippen LogP) is 4.88. The van der Waals surface area contributed by atoms with Gasteiger partial charge < -0.3 is 0 Å². The van der Waals surface area contributed by atoms with Gasteiger partial charge in [-0.1, -0.05) is 30.3 Å². The van der Waals surface area contributed by atoms with E-state index in [2.05, 4.69) is 4.98 Å². The molecule has 0 unspecified atom stereocenters. The molecule has 0 saturated carbocycles. The first-order valence-corrected chi connectivity index (χ1v) is 9.06. The smallest absolute Gasteiger partial charge is 0.256 e. The van der Waals surface area contributed by atoms with Gasteiger partial charge >= 0.3 is 12.4 Å². The van der Waals surface area contributed by atoms with Crippen LogP contribution in [0.25, 0.3) is 0 Å². The normalized spacial score (nSPS) is 12.4. The minimum Gasteiger partial charge on any atom is -0.256 e. The molecule has 0 aliphatic heterocycles. The Labute approximate surface area is 152 Å². The van der Waals surface area contributed by atoms with Crippen molar-refractivity contribution in [1.82, 2.24) is 4.98 Å². The summed E-state index contributed by atoms with van der Waals surface area (Å²) >= 11 is 0. The van der Waals surface area contributed by atoms with Gasteiger partial charge in [0.2, 0.25) is 0 Å². The Morgan fingerprint density at radius 1 is 0.630 bits per heavy atom. The van der Waals surface area contributed by atoms with Gasteiger partial charge in [0.15, 0.2) is 0 Å². The summed E-state index contributed by atoms with van der Waals surface area (Å²) in [5.74, 6) is 0. The number of nitrogens with zero attached hydrogens (tertiary/aromatic N) is 1. The van der Waals surface area contributed by atoms with Crippen molar-refractivity contribution in [3.63, 3.8) is 0 Å². The van der Waals surface area contributed by atoms with Gasteiger partial charge in [0.25, 0.3) is 0 Å². The van der Waals surface area contributed by atoms with E-state index in [1.165, 1.54) is 30.5 Å². The van der Waals surface area contributed by atoms with Gasteiger partial charge in [-0.05, 0) is 47.0 Å². The second kappa shape index (κ2) is 7.31. The largest absolute Gasteiger partial charge is 0.416 e. The minimum absolute atomic E-state index is 0.276. The highest BCUT2D eigenvalue weighted by Crippen LogP contribution is 2.37. The van der Waals surface area contributed by atoms with E-state index in [0.717, 1.165) is 24.3 Å². The van der Waals surface area contributed by atoms with Crippen molar-refractivity contribution >= 4 is 24.0 Å². The van der Waals surface area contributed by atoms with Gasteiger partial charge in [-0.25, -0.2) is 0 Å². The van der Waals surface area contributed by atoms with E-state index in [4.69, 9.17) is 0 Å². The van der Waals surface area contributed by atoms with Gasteiger partial charge in [-0.15, -0.1) is 0 Å². The summed E-state index contributed by atoms with van der Waals surface area (Å²) < 4.78 is 78.6. The number of alkyl halides is 6. The molecular weight excluding hydrogens is 387 g/mol. The Morgan fingerprint density at radius 3 is 1.56 bits per heavy atom. The summed E-state index contributed by atoms with van der Waals surface area (Å²) in [6, 6.07) is 14.2. The van der Waals surface area contributed by atoms with Crippen LogP contribution in [0.5, 0.6) is 0 Å². The van der Waals surface area contributed by atoms with E-state index >= 15 is 0 Å². The molecule has 1 nitrogen and oxygen atoms in total. The zero-order valence-electron chi connectivity index (χ0n) is 13.6. The first-order valence-electron chi connectivity index (χ1n) is 7.72. The quantitative estimate of drug-likeness (QED) is 0.452. The van der Waals surface area contributed by atoms with Crippen LogP contribution in [0, 0.1) is 0 Å². The van der Waals surface area contributed by atoms with Crippen molar-refractivity contribution in [1.29, 1.82) is 0 Å². The number of rotatable bonds is 3. The van der Waals surface area contributed by atoms with Crippen LogP contribution < -0.4 is 16.0 Å². The van der Waals surface area contributed by atoms with Gasteiger partial charge in [-0.3, -0.25) is 4.98 Å². The molecule has 0 saturated heterocycles. The number of hydrogen-bond donors (Lipinski definition) is 0. The Morgan fingerprint density at radius 2 is 1.15 bits per heavy atom. The summed E-state index contributed by atoms with van der Waals surface area (Å²) in [4.78, 5) is 4.18. The standard InChI is InChI=1S/C19H12F6NP/c20-18(21,22)13-5-3-7-15(11-13)27(17-9-1-2-10-26-17)16-8-4-6-14(12-16)19(23,24)25/h1-12H. The fourth-order valence-corrected chi connectivity index (χ4v) is 4.79. The van der Waals surface area contributed by atoms with Crippen molar-refractivity contribution in [2.24, 2.45) is 0 Å². The predicted molar refractivity (Wildman–Crippen MR) is 92.9 cm³/mol. The van der Waals surface area contributed by atoms with Crippen LogP contribution in [-0.4, -0.2) is 4.98 Å². The molecule has 0 radical (unpaired) electrons. The van der Waals surface area contributed by atoms with Crippen LogP contribution in [-0.2, 0) is 12.4 Å². The average Bonchev–Trinajstić information content (AvgIpc) is 2.62. The highest BCUT2D eigenvalue weighted by atomic mass is 31.1. The van der Waals surface area contributed by atoms with E-state index < -0.39 is 31.4 Å². The first kappa shape index (κ1) is 19.4.